The van der Waals surface area contributed by atoms with E-state index in [-0.39, 0.29) is 5.82 Å². The number of para-hydroxylation sites is 1. The Morgan fingerprint density at radius 3 is 2.72 bits per heavy atom. The number of nitrogens with zero attached hydrogens (tertiary/aromatic N) is 1. The Morgan fingerprint density at radius 2 is 1.94 bits per heavy atom. The number of hydrogen-bond donors (Lipinski definition) is 1. The zero-order valence-electron chi connectivity index (χ0n) is 10.2. The molecule has 2 aromatic rings. The molecule has 1 aliphatic rings. The third kappa shape index (κ3) is 1.63. The van der Waals surface area contributed by atoms with E-state index >= 15 is 0 Å². The van der Waals surface area contributed by atoms with Crippen molar-refractivity contribution in [3.05, 3.63) is 53.8 Å². The maximum Gasteiger partial charge on any atom is 0.125 e. The average molecular weight is 242 g/mol. The maximum atomic E-state index is 13.1. The lowest BCUT2D eigenvalue weighted by Crippen LogP contribution is -2.24. The molecule has 0 amide bonds. The molecular weight excluding hydrogens is 227 g/mol. The Bertz CT molecular complexity index is 595. The fraction of sp³-hybridized carbons (Fsp3) is 0.200. The van der Waals surface area contributed by atoms with E-state index in [1.165, 1.54) is 23.4 Å². The predicted octanol–water partition coefficient (Wildman–Crippen LogP) is 3.49. The van der Waals surface area contributed by atoms with Gasteiger partial charge in [0.1, 0.15) is 5.82 Å². The molecule has 0 radical (unpaired) electrons. The van der Waals surface area contributed by atoms with Gasteiger partial charge in [0.25, 0.3) is 0 Å². The van der Waals surface area contributed by atoms with E-state index in [0.717, 1.165) is 12.1 Å². The van der Waals surface area contributed by atoms with E-state index in [1.54, 1.807) is 6.07 Å². The zero-order chi connectivity index (χ0) is 12.7. The number of hydrogen-bond acceptors (Lipinski definition) is 2. The molecule has 1 unspecified atom stereocenters. The number of nitrogen functional groups attached to an aromatic ring is 1. The topological polar surface area (TPSA) is 29.3 Å². The molecule has 0 fully saturated rings. The molecule has 0 saturated carbocycles. The van der Waals surface area contributed by atoms with Crippen molar-refractivity contribution in [3.8, 4) is 0 Å². The Balaban J connectivity index is 2.12. The molecule has 1 atom stereocenters. The van der Waals surface area contributed by atoms with E-state index in [0.29, 0.717) is 11.7 Å². The highest BCUT2D eigenvalue weighted by molar-refractivity contribution is 5.79. The monoisotopic (exact) mass is 242 g/mol. The number of halogens is 1. The summed E-state index contributed by atoms with van der Waals surface area (Å²) in [6.07, 6.45) is 0.993. The van der Waals surface area contributed by atoms with Crippen LogP contribution in [0.3, 0.4) is 0 Å². The van der Waals surface area contributed by atoms with Crippen LogP contribution >= 0.6 is 0 Å². The normalized spacial score (nSPS) is 17.9. The van der Waals surface area contributed by atoms with Crippen LogP contribution in [0.2, 0.25) is 0 Å². The molecule has 0 aliphatic carbocycles. The predicted molar refractivity (Wildman–Crippen MR) is 72.6 cm³/mol. The average Bonchev–Trinajstić information content (AvgIpc) is 2.66. The maximum absolute atomic E-state index is 13.1. The van der Waals surface area contributed by atoms with Gasteiger partial charge in [-0.15, -0.1) is 0 Å². The first-order chi connectivity index (χ1) is 8.66. The summed E-state index contributed by atoms with van der Waals surface area (Å²) >= 11 is 0. The van der Waals surface area contributed by atoms with Gasteiger partial charge < -0.3 is 10.6 Å². The lowest BCUT2D eigenvalue weighted by atomic mass is 10.1. The highest BCUT2D eigenvalue weighted by Gasteiger charge is 2.27. The molecule has 3 rings (SSSR count). The molecule has 0 bridgehead atoms. The van der Waals surface area contributed by atoms with Crippen LogP contribution in [0.15, 0.2) is 42.5 Å². The van der Waals surface area contributed by atoms with Crippen LogP contribution < -0.4 is 10.6 Å². The Labute approximate surface area is 106 Å². The quantitative estimate of drug-likeness (QED) is 0.776. The van der Waals surface area contributed by atoms with Gasteiger partial charge in [0.05, 0.1) is 11.4 Å². The molecule has 2 N–H and O–H groups in total. The summed E-state index contributed by atoms with van der Waals surface area (Å²) in [4.78, 5) is 2.18. The van der Waals surface area contributed by atoms with Crippen LogP contribution in [0, 0.1) is 5.82 Å². The fourth-order valence-electron chi connectivity index (χ4n) is 2.68. The number of anilines is 3. The van der Waals surface area contributed by atoms with Gasteiger partial charge >= 0.3 is 0 Å². The van der Waals surface area contributed by atoms with Crippen molar-refractivity contribution in [2.24, 2.45) is 0 Å². The van der Waals surface area contributed by atoms with E-state index in [9.17, 15) is 4.39 Å². The lowest BCUT2D eigenvalue weighted by Gasteiger charge is -2.26. The van der Waals surface area contributed by atoms with Crippen molar-refractivity contribution in [1.82, 2.24) is 0 Å². The summed E-state index contributed by atoms with van der Waals surface area (Å²) in [7, 11) is 0. The number of nitrogens with two attached hydrogens (primary N) is 1. The second-order valence-electron chi connectivity index (χ2n) is 4.75. The van der Waals surface area contributed by atoms with Crippen molar-refractivity contribution in [2.75, 3.05) is 10.6 Å². The van der Waals surface area contributed by atoms with E-state index in [4.69, 9.17) is 5.73 Å². The van der Waals surface area contributed by atoms with Gasteiger partial charge in [-0.3, -0.25) is 0 Å². The highest BCUT2D eigenvalue weighted by atomic mass is 19.1. The van der Waals surface area contributed by atoms with Crippen LogP contribution in [0.1, 0.15) is 12.5 Å². The summed E-state index contributed by atoms with van der Waals surface area (Å²) in [5.74, 6) is -0.295. The largest absolute Gasteiger partial charge is 0.397 e. The number of fused-ring (bicyclic) bond motifs is 1. The summed E-state index contributed by atoms with van der Waals surface area (Å²) < 4.78 is 13.1. The van der Waals surface area contributed by atoms with Gasteiger partial charge in [-0.25, -0.2) is 4.39 Å². The summed E-state index contributed by atoms with van der Waals surface area (Å²) in [6.45, 7) is 2.16. The SMILES string of the molecule is CC1Cc2ccccc2N1c1ccc(F)cc1N. The Kier molecular flexibility index (Phi) is 2.47. The second-order valence-corrected chi connectivity index (χ2v) is 4.75. The summed E-state index contributed by atoms with van der Waals surface area (Å²) in [5, 5.41) is 0. The molecule has 0 aromatic heterocycles. The van der Waals surface area contributed by atoms with Gasteiger partial charge in [-0.2, -0.15) is 0 Å². The minimum atomic E-state index is -0.295. The van der Waals surface area contributed by atoms with E-state index in [1.807, 2.05) is 12.1 Å². The van der Waals surface area contributed by atoms with Gasteiger partial charge in [0.2, 0.25) is 0 Å². The first-order valence-electron chi connectivity index (χ1n) is 6.09. The molecule has 1 aliphatic heterocycles. The number of benzene rings is 2. The second kappa shape index (κ2) is 4.02. The standard InChI is InChI=1S/C15H15FN2/c1-10-8-11-4-2-3-5-14(11)18(10)15-7-6-12(16)9-13(15)17/h2-7,9-10H,8,17H2,1H3. The zero-order valence-corrected chi connectivity index (χ0v) is 10.2. The van der Waals surface area contributed by atoms with Crippen molar-refractivity contribution >= 4 is 17.1 Å². The molecule has 92 valence electrons. The van der Waals surface area contributed by atoms with Crippen molar-refractivity contribution in [1.29, 1.82) is 0 Å². The number of rotatable bonds is 1. The molecule has 2 aromatic carbocycles. The third-order valence-electron chi connectivity index (χ3n) is 3.46. The van der Waals surface area contributed by atoms with Crippen molar-refractivity contribution in [3.63, 3.8) is 0 Å². The van der Waals surface area contributed by atoms with Gasteiger partial charge in [-0.05, 0) is 43.2 Å². The third-order valence-corrected chi connectivity index (χ3v) is 3.46. The Morgan fingerprint density at radius 1 is 1.17 bits per heavy atom. The van der Waals surface area contributed by atoms with Crippen LogP contribution in [0.25, 0.3) is 0 Å². The van der Waals surface area contributed by atoms with Crippen molar-refractivity contribution in [2.45, 2.75) is 19.4 Å². The minimum Gasteiger partial charge on any atom is -0.397 e. The lowest BCUT2D eigenvalue weighted by molar-refractivity contribution is 0.628. The van der Waals surface area contributed by atoms with Crippen molar-refractivity contribution < 1.29 is 4.39 Å². The van der Waals surface area contributed by atoms with Gasteiger partial charge in [0, 0.05) is 11.7 Å². The van der Waals surface area contributed by atoms with Crippen LogP contribution in [-0.4, -0.2) is 6.04 Å². The molecule has 2 nitrogen and oxygen atoms in total. The smallest absolute Gasteiger partial charge is 0.125 e. The molecule has 0 spiro atoms. The van der Waals surface area contributed by atoms with Gasteiger partial charge in [-0.1, -0.05) is 18.2 Å². The van der Waals surface area contributed by atoms with E-state index in [2.05, 4.69) is 24.0 Å². The Hall–Kier alpha value is -2.03. The molecule has 0 saturated heterocycles. The van der Waals surface area contributed by atoms with Crippen LogP contribution in [0.5, 0.6) is 0 Å². The highest BCUT2D eigenvalue weighted by Crippen LogP contribution is 2.40. The minimum absolute atomic E-state index is 0.295. The fourth-order valence-corrected chi connectivity index (χ4v) is 2.68. The summed E-state index contributed by atoms with van der Waals surface area (Å²) in [5.41, 5.74) is 9.79. The van der Waals surface area contributed by atoms with Gasteiger partial charge in [0.15, 0.2) is 0 Å². The summed E-state index contributed by atoms with van der Waals surface area (Å²) in [6, 6.07) is 13.2. The molecule has 18 heavy (non-hydrogen) atoms. The molecule has 3 heteroatoms. The molecular formula is C15H15FN2. The molecule has 1 heterocycles. The van der Waals surface area contributed by atoms with Crippen LogP contribution in [-0.2, 0) is 6.42 Å². The first kappa shape index (κ1) is 11.1. The van der Waals surface area contributed by atoms with E-state index < -0.39 is 0 Å². The first-order valence-corrected chi connectivity index (χ1v) is 6.09. The van der Waals surface area contributed by atoms with Crippen LogP contribution in [0.4, 0.5) is 21.5 Å².